The predicted octanol–water partition coefficient (Wildman–Crippen LogP) is 3.45. The molecule has 1 aliphatic rings. The van der Waals surface area contributed by atoms with Gasteiger partial charge in [-0.2, -0.15) is 0 Å². The lowest BCUT2D eigenvalue weighted by atomic mass is 9.93. The van der Waals surface area contributed by atoms with Crippen LogP contribution in [-0.2, 0) is 0 Å². The van der Waals surface area contributed by atoms with Gasteiger partial charge in [-0.05, 0) is 51.1 Å². The number of hydrogen-bond acceptors (Lipinski definition) is 2. The minimum absolute atomic E-state index is 0.822. The summed E-state index contributed by atoms with van der Waals surface area (Å²) in [6.07, 6.45) is 13.7. The Morgan fingerprint density at radius 2 is 1.88 bits per heavy atom. The smallest absolute Gasteiger partial charge is 0.00670 e. The zero-order valence-corrected chi connectivity index (χ0v) is 11.7. The normalized spacial score (nSPS) is 19.4. The first-order valence-electron chi connectivity index (χ1n) is 7.80. The highest BCUT2D eigenvalue weighted by Crippen LogP contribution is 2.19. The van der Waals surface area contributed by atoms with Crippen molar-refractivity contribution in [3.05, 3.63) is 0 Å². The van der Waals surface area contributed by atoms with E-state index in [4.69, 9.17) is 5.73 Å². The highest BCUT2D eigenvalue weighted by molar-refractivity contribution is 4.72. The average Bonchev–Trinajstić information content (AvgIpc) is 2.36. The van der Waals surface area contributed by atoms with E-state index in [0.29, 0.717) is 0 Å². The molecule has 0 aromatic rings. The molecule has 1 rings (SSSR count). The fourth-order valence-corrected chi connectivity index (χ4v) is 3.08. The van der Waals surface area contributed by atoms with Gasteiger partial charge in [-0.3, -0.25) is 0 Å². The van der Waals surface area contributed by atoms with E-state index in [1.54, 1.807) is 0 Å². The summed E-state index contributed by atoms with van der Waals surface area (Å²) in [6, 6.07) is 0.822. The topological polar surface area (TPSA) is 38.0 Å². The van der Waals surface area contributed by atoms with Crippen LogP contribution in [-0.4, -0.2) is 19.1 Å². The minimum atomic E-state index is 0.822. The Morgan fingerprint density at radius 3 is 2.53 bits per heavy atom. The highest BCUT2D eigenvalue weighted by Gasteiger charge is 2.12. The summed E-state index contributed by atoms with van der Waals surface area (Å²) in [5.74, 6) is 0.873. The summed E-state index contributed by atoms with van der Waals surface area (Å²) >= 11 is 0. The average molecular weight is 240 g/mol. The number of nitrogens with two attached hydrogens (primary N) is 1. The van der Waals surface area contributed by atoms with E-state index in [9.17, 15) is 0 Å². The molecule has 1 atom stereocenters. The third kappa shape index (κ3) is 7.05. The van der Waals surface area contributed by atoms with Crippen LogP contribution in [0, 0.1) is 5.92 Å². The van der Waals surface area contributed by atoms with Crippen LogP contribution in [0.5, 0.6) is 0 Å². The fraction of sp³-hybridized carbons (Fsp3) is 1.00. The molecule has 0 bridgehead atoms. The van der Waals surface area contributed by atoms with E-state index in [1.807, 2.05) is 0 Å². The van der Waals surface area contributed by atoms with Gasteiger partial charge in [0.25, 0.3) is 0 Å². The molecular weight excluding hydrogens is 208 g/mol. The lowest BCUT2D eigenvalue weighted by molar-refractivity contribution is 0.354. The summed E-state index contributed by atoms with van der Waals surface area (Å²) in [6.45, 7) is 4.36. The van der Waals surface area contributed by atoms with E-state index in [2.05, 4.69) is 12.2 Å². The lowest BCUT2D eigenvalue weighted by Gasteiger charge is -2.23. The van der Waals surface area contributed by atoms with E-state index < -0.39 is 0 Å². The van der Waals surface area contributed by atoms with Crippen LogP contribution in [0.15, 0.2) is 0 Å². The van der Waals surface area contributed by atoms with Crippen molar-refractivity contribution in [3.63, 3.8) is 0 Å². The van der Waals surface area contributed by atoms with Crippen LogP contribution >= 0.6 is 0 Å². The first kappa shape index (κ1) is 15.0. The zero-order valence-electron chi connectivity index (χ0n) is 11.7. The molecule has 17 heavy (non-hydrogen) atoms. The van der Waals surface area contributed by atoms with Crippen LogP contribution in [0.3, 0.4) is 0 Å². The Bertz CT molecular complexity index is 158. The summed E-state index contributed by atoms with van der Waals surface area (Å²) < 4.78 is 0. The Hall–Kier alpha value is -0.0800. The lowest BCUT2D eigenvalue weighted by Crippen LogP contribution is -2.31. The van der Waals surface area contributed by atoms with Crippen molar-refractivity contribution in [1.82, 2.24) is 5.32 Å². The van der Waals surface area contributed by atoms with Crippen molar-refractivity contribution < 1.29 is 0 Å². The van der Waals surface area contributed by atoms with Gasteiger partial charge in [0.05, 0.1) is 0 Å². The second-order valence-corrected chi connectivity index (χ2v) is 5.66. The number of nitrogens with one attached hydrogen (secondary N) is 1. The molecule has 0 spiro atoms. The molecule has 102 valence electrons. The maximum atomic E-state index is 5.67. The highest BCUT2D eigenvalue weighted by atomic mass is 14.9. The summed E-state index contributed by atoms with van der Waals surface area (Å²) in [5.41, 5.74) is 5.67. The van der Waals surface area contributed by atoms with Crippen molar-refractivity contribution >= 4 is 0 Å². The van der Waals surface area contributed by atoms with Gasteiger partial charge in [0, 0.05) is 6.04 Å². The Morgan fingerprint density at radius 1 is 1.12 bits per heavy atom. The van der Waals surface area contributed by atoms with Crippen molar-refractivity contribution in [1.29, 1.82) is 0 Å². The molecule has 0 aliphatic heterocycles. The van der Waals surface area contributed by atoms with Crippen molar-refractivity contribution in [2.75, 3.05) is 13.1 Å². The second kappa shape index (κ2) is 9.90. The molecule has 0 radical (unpaired) electrons. The quantitative estimate of drug-likeness (QED) is 0.606. The molecule has 0 saturated heterocycles. The molecule has 0 aromatic carbocycles. The van der Waals surface area contributed by atoms with E-state index in [-0.39, 0.29) is 0 Å². The monoisotopic (exact) mass is 240 g/mol. The van der Waals surface area contributed by atoms with Crippen molar-refractivity contribution in [2.45, 2.75) is 77.2 Å². The van der Waals surface area contributed by atoms with Crippen molar-refractivity contribution in [2.24, 2.45) is 11.7 Å². The number of hydrogen-bond donors (Lipinski definition) is 2. The fourth-order valence-electron chi connectivity index (χ4n) is 3.08. The van der Waals surface area contributed by atoms with E-state index in [0.717, 1.165) is 18.5 Å². The maximum absolute atomic E-state index is 5.67. The van der Waals surface area contributed by atoms with Gasteiger partial charge < -0.3 is 11.1 Å². The molecule has 1 saturated carbocycles. The molecule has 3 N–H and O–H groups in total. The summed E-state index contributed by atoms with van der Waals surface area (Å²) in [7, 11) is 0. The molecule has 0 amide bonds. The maximum Gasteiger partial charge on any atom is 0.00670 e. The van der Waals surface area contributed by atoms with Gasteiger partial charge in [0.1, 0.15) is 0 Å². The van der Waals surface area contributed by atoms with E-state index >= 15 is 0 Å². The van der Waals surface area contributed by atoms with Crippen LogP contribution in [0.2, 0.25) is 0 Å². The van der Waals surface area contributed by atoms with Crippen LogP contribution in [0.25, 0.3) is 0 Å². The molecule has 1 fully saturated rings. The van der Waals surface area contributed by atoms with Crippen LogP contribution < -0.4 is 11.1 Å². The van der Waals surface area contributed by atoms with Gasteiger partial charge in [-0.15, -0.1) is 0 Å². The Labute approximate surface area is 108 Å². The Balaban J connectivity index is 2.00. The van der Waals surface area contributed by atoms with Gasteiger partial charge in [-0.1, -0.05) is 39.0 Å². The van der Waals surface area contributed by atoms with Gasteiger partial charge >= 0.3 is 0 Å². The standard InChI is InChI=1S/C15H32N2/c1-2-7-14(11-12-16)8-6-13-17-15-9-4-3-5-10-15/h14-15,17H,2-13,16H2,1H3. The predicted molar refractivity (Wildman–Crippen MR) is 76.2 cm³/mol. The molecule has 2 heteroatoms. The minimum Gasteiger partial charge on any atom is -0.330 e. The first-order valence-corrected chi connectivity index (χ1v) is 7.80. The third-order valence-electron chi connectivity index (χ3n) is 4.10. The number of rotatable bonds is 9. The molecule has 1 aliphatic carbocycles. The van der Waals surface area contributed by atoms with Crippen LogP contribution in [0.4, 0.5) is 0 Å². The Kier molecular flexibility index (Phi) is 8.72. The molecule has 1 unspecified atom stereocenters. The summed E-state index contributed by atoms with van der Waals surface area (Å²) in [4.78, 5) is 0. The molecule has 2 nitrogen and oxygen atoms in total. The third-order valence-corrected chi connectivity index (χ3v) is 4.10. The van der Waals surface area contributed by atoms with Crippen molar-refractivity contribution in [3.8, 4) is 0 Å². The van der Waals surface area contributed by atoms with Gasteiger partial charge in [-0.25, -0.2) is 0 Å². The first-order chi connectivity index (χ1) is 8.36. The molecule has 0 aromatic heterocycles. The molecular formula is C15H32N2. The second-order valence-electron chi connectivity index (χ2n) is 5.66. The van der Waals surface area contributed by atoms with Crippen LogP contribution in [0.1, 0.15) is 71.1 Å². The largest absolute Gasteiger partial charge is 0.330 e. The SMILES string of the molecule is CCCC(CCN)CCCNC1CCCCC1. The zero-order chi connectivity index (χ0) is 12.3. The van der Waals surface area contributed by atoms with Gasteiger partial charge in [0.2, 0.25) is 0 Å². The summed E-state index contributed by atoms with van der Waals surface area (Å²) in [5, 5.41) is 3.73. The molecule has 0 heterocycles. The van der Waals surface area contributed by atoms with Gasteiger partial charge in [0.15, 0.2) is 0 Å². The van der Waals surface area contributed by atoms with E-state index in [1.165, 1.54) is 70.8 Å².